The second-order valence-electron chi connectivity index (χ2n) is 25.8. The monoisotopic (exact) mass is 1160 g/mol. The summed E-state index contributed by atoms with van der Waals surface area (Å²) < 4.78 is 30.8. The summed E-state index contributed by atoms with van der Waals surface area (Å²) in [5.74, 6) is -0.482. The number of likely N-dealkylation sites (N-methyl/N-ethyl adjacent to an activating group) is 1. The van der Waals surface area contributed by atoms with Gasteiger partial charge in [-0.2, -0.15) is 0 Å². The molecular weight excluding hydrogens is 1020 g/mol. The van der Waals surface area contributed by atoms with Gasteiger partial charge in [-0.3, -0.25) is 18.6 Å². The van der Waals surface area contributed by atoms with E-state index in [-0.39, 0.29) is 25.1 Å². The van der Waals surface area contributed by atoms with Crippen LogP contribution in [0.5, 0.6) is 0 Å². The minimum Gasteiger partial charge on any atom is -0.456 e. The van der Waals surface area contributed by atoms with Crippen molar-refractivity contribution < 1.29 is 37.3 Å². The van der Waals surface area contributed by atoms with Gasteiger partial charge in [0.05, 0.1) is 33.8 Å². The van der Waals surface area contributed by atoms with Crippen molar-refractivity contribution in [1.82, 2.24) is 5.32 Å². The maximum atomic E-state index is 13.6. The molecule has 3 atom stereocenters. The molecule has 0 aromatic carbocycles. The predicted molar refractivity (Wildman–Crippen MR) is 351 cm³/mol. The lowest BCUT2D eigenvalue weighted by molar-refractivity contribution is -0.870. The molecule has 1 amide bonds. The van der Waals surface area contributed by atoms with Crippen LogP contribution in [-0.2, 0) is 27.9 Å². The van der Waals surface area contributed by atoms with Crippen LogP contribution < -0.4 is 5.32 Å². The topological polar surface area (TPSA) is 111 Å². The maximum Gasteiger partial charge on any atom is 0.472 e. The van der Waals surface area contributed by atoms with Crippen LogP contribution in [-0.4, -0.2) is 74.3 Å². The average molecular weight is 1160 g/mol. The summed E-state index contributed by atoms with van der Waals surface area (Å²) in [5.41, 5.74) is 0. The van der Waals surface area contributed by atoms with E-state index in [2.05, 4.69) is 38.2 Å². The number of allylic oxidation sites excluding steroid dienone is 3. The van der Waals surface area contributed by atoms with E-state index in [1.807, 2.05) is 33.3 Å². The Morgan fingerprint density at radius 1 is 0.420 bits per heavy atom. The number of phosphoric ester groups is 1. The molecule has 480 valence electrons. The minimum absolute atomic E-state index is 0.0446. The van der Waals surface area contributed by atoms with Crippen LogP contribution in [0.4, 0.5) is 0 Å². The van der Waals surface area contributed by atoms with Crippen molar-refractivity contribution in [3.63, 3.8) is 0 Å². The van der Waals surface area contributed by atoms with Crippen molar-refractivity contribution >= 4 is 19.7 Å². The van der Waals surface area contributed by atoms with E-state index in [4.69, 9.17) is 13.8 Å². The molecule has 0 aliphatic heterocycles. The highest BCUT2D eigenvalue weighted by Crippen LogP contribution is 2.43. The van der Waals surface area contributed by atoms with E-state index < -0.39 is 20.0 Å². The van der Waals surface area contributed by atoms with Crippen molar-refractivity contribution in [3.8, 4) is 0 Å². The van der Waals surface area contributed by atoms with Crippen molar-refractivity contribution in [2.24, 2.45) is 0 Å². The van der Waals surface area contributed by atoms with Gasteiger partial charge < -0.3 is 19.4 Å². The molecule has 3 unspecified atom stereocenters. The maximum absolute atomic E-state index is 13.6. The fourth-order valence-electron chi connectivity index (χ4n) is 10.9. The largest absolute Gasteiger partial charge is 0.472 e. The lowest BCUT2D eigenvalue weighted by Gasteiger charge is -2.27. The number of phosphoric acid groups is 1. The number of hydrogen-bond donors (Lipinski definition) is 2. The lowest BCUT2D eigenvalue weighted by atomic mass is 10.0. The van der Waals surface area contributed by atoms with Crippen LogP contribution in [0.15, 0.2) is 24.3 Å². The third-order valence-corrected chi connectivity index (χ3v) is 17.4. The molecule has 0 heterocycles. The number of unbranched alkanes of at least 4 members (excludes halogenated alkanes) is 48. The minimum atomic E-state index is -4.45. The van der Waals surface area contributed by atoms with Gasteiger partial charge in [-0.15, -0.1) is 0 Å². The number of rotatable bonds is 66. The third-order valence-electron chi connectivity index (χ3n) is 16.4. The first-order chi connectivity index (χ1) is 39.4. The number of nitrogens with one attached hydrogen (secondary N) is 1. The number of quaternary nitrogens is 1. The molecule has 0 aromatic heterocycles. The number of esters is 1. The Balaban J connectivity index is 4.97. The molecule has 81 heavy (non-hydrogen) atoms. The van der Waals surface area contributed by atoms with E-state index in [0.29, 0.717) is 23.9 Å². The number of hydrogen-bond acceptors (Lipinski definition) is 6. The molecule has 0 rings (SSSR count). The smallest absolute Gasteiger partial charge is 0.456 e. The van der Waals surface area contributed by atoms with Gasteiger partial charge in [0.15, 0.2) is 0 Å². The molecule has 0 aliphatic carbocycles. The Morgan fingerprint density at radius 2 is 0.716 bits per heavy atom. The first-order valence-electron chi connectivity index (χ1n) is 35.7. The van der Waals surface area contributed by atoms with Gasteiger partial charge in [-0.25, -0.2) is 4.57 Å². The van der Waals surface area contributed by atoms with Gasteiger partial charge in [0.2, 0.25) is 5.91 Å². The van der Waals surface area contributed by atoms with E-state index in [1.54, 1.807) is 0 Å². The second-order valence-corrected chi connectivity index (χ2v) is 27.2. The fourth-order valence-corrected chi connectivity index (χ4v) is 11.6. The van der Waals surface area contributed by atoms with Crippen LogP contribution in [0, 0.1) is 0 Å². The molecule has 9 nitrogen and oxygen atoms in total. The zero-order valence-electron chi connectivity index (χ0n) is 55.1. The van der Waals surface area contributed by atoms with E-state index in [0.717, 1.165) is 57.8 Å². The van der Waals surface area contributed by atoms with Crippen LogP contribution in [0.3, 0.4) is 0 Å². The molecule has 0 saturated heterocycles. The summed E-state index contributed by atoms with van der Waals surface area (Å²) in [6.45, 7) is 7.07. The van der Waals surface area contributed by atoms with Gasteiger partial charge in [-0.1, -0.05) is 322 Å². The van der Waals surface area contributed by atoms with Gasteiger partial charge >= 0.3 is 13.8 Å². The molecule has 0 spiro atoms. The van der Waals surface area contributed by atoms with Crippen LogP contribution in [0.2, 0.25) is 0 Å². The number of nitrogens with zero attached hydrogens (tertiary/aromatic N) is 1. The van der Waals surface area contributed by atoms with Crippen molar-refractivity contribution in [2.45, 2.75) is 380 Å². The van der Waals surface area contributed by atoms with Crippen LogP contribution in [0.1, 0.15) is 367 Å². The first kappa shape index (κ1) is 79.5. The quantitative estimate of drug-likeness (QED) is 0.0205. The summed E-state index contributed by atoms with van der Waals surface area (Å²) in [7, 11) is 1.52. The molecule has 0 aromatic rings. The number of amides is 1. The third kappa shape index (κ3) is 62.8. The molecule has 2 N–H and O–H groups in total. The molecule has 10 heteroatoms. The van der Waals surface area contributed by atoms with E-state index >= 15 is 0 Å². The molecule has 0 saturated carbocycles. The van der Waals surface area contributed by atoms with Gasteiger partial charge in [0.25, 0.3) is 0 Å². The average Bonchev–Trinajstić information content (AvgIpc) is 3.44. The van der Waals surface area contributed by atoms with Crippen LogP contribution >= 0.6 is 7.82 Å². The van der Waals surface area contributed by atoms with Crippen molar-refractivity contribution in [1.29, 1.82) is 0 Å². The zero-order chi connectivity index (χ0) is 59.3. The Labute approximate surface area is 504 Å². The number of carbonyl (C=O) groups excluding carboxylic acids is 2. The van der Waals surface area contributed by atoms with Crippen LogP contribution in [0.25, 0.3) is 0 Å². The molecule has 0 aliphatic rings. The Bertz CT molecular complexity index is 1430. The first-order valence-corrected chi connectivity index (χ1v) is 37.2. The van der Waals surface area contributed by atoms with Crippen molar-refractivity contribution in [2.75, 3.05) is 40.9 Å². The summed E-state index contributed by atoms with van der Waals surface area (Å²) in [5, 5.41) is 3.08. The summed E-state index contributed by atoms with van der Waals surface area (Å²) in [4.78, 5) is 37.9. The Morgan fingerprint density at radius 3 is 1.05 bits per heavy atom. The van der Waals surface area contributed by atoms with Gasteiger partial charge in [-0.05, 0) is 57.4 Å². The highest BCUT2D eigenvalue weighted by atomic mass is 31.2. The van der Waals surface area contributed by atoms with Gasteiger partial charge in [0, 0.05) is 12.8 Å². The Hall–Kier alpha value is -1.51. The van der Waals surface area contributed by atoms with Crippen molar-refractivity contribution in [3.05, 3.63) is 24.3 Å². The predicted octanol–water partition coefficient (Wildman–Crippen LogP) is 22.5. The molecule has 0 fully saturated rings. The zero-order valence-corrected chi connectivity index (χ0v) is 56.0. The SMILES string of the molecule is CCCCCCCC/C=C/CCCCCCCCCCCCCCCCCC(=O)NC(COP(=O)(O)OCC[N+](C)(C)C)C(/C=C\CCCCCCCCCCC)OC(=O)CCCCCCCCCCCCCCCCCCCCC. The normalized spacial score (nSPS) is 13.6. The lowest BCUT2D eigenvalue weighted by Crippen LogP contribution is -2.47. The fraction of sp³-hybridized carbons (Fsp3) is 0.915. The summed E-state index contributed by atoms with van der Waals surface area (Å²) in [6, 6.07) is -0.842. The molecule has 0 radical (unpaired) electrons. The highest BCUT2D eigenvalue weighted by Gasteiger charge is 2.30. The highest BCUT2D eigenvalue weighted by molar-refractivity contribution is 7.47. The number of ether oxygens (including phenoxy) is 1. The standard InChI is InChI=1S/C71H139N2O7P/c1-7-10-13-16-19-22-25-27-29-31-33-34-35-36-37-38-40-41-43-45-48-51-54-57-60-63-70(74)72-68(67-79-81(76,77)78-66-65-73(4,5)6)69(62-59-56-53-50-47-24-21-18-15-12-9-3)80-71(75)64-61-58-55-52-49-46-44-42-39-32-30-28-26-23-20-17-14-11-8-2/h27,29,59,62,68-69H,7-26,28,30-58,60-61,63-67H2,1-6H3,(H-,72,74,76,77)/p+1/b29-27+,62-59-. The second kappa shape index (κ2) is 61.6. The summed E-state index contributed by atoms with van der Waals surface area (Å²) >= 11 is 0. The number of carbonyl (C=O) groups is 2. The Kier molecular flexibility index (Phi) is 60.4. The van der Waals surface area contributed by atoms with Gasteiger partial charge in [0.1, 0.15) is 19.3 Å². The molecule has 0 bridgehead atoms. The summed E-state index contributed by atoms with van der Waals surface area (Å²) in [6.07, 6.45) is 74.8. The van der Waals surface area contributed by atoms with E-state index in [1.165, 1.54) is 276 Å². The van der Waals surface area contributed by atoms with E-state index in [9.17, 15) is 19.0 Å². The molecular formula is C71H140N2O7P+.